The quantitative estimate of drug-likeness (QED) is 0.576. The Bertz CT molecular complexity index is 860. The Morgan fingerprint density at radius 2 is 1.97 bits per heavy atom. The second-order valence-corrected chi connectivity index (χ2v) is 6.58. The molecule has 29 heavy (non-hydrogen) atoms. The molecule has 0 aromatic carbocycles. The summed E-state index contributed by atoms with van der Waals surface area (Å²) in [6.45, 7) is 3.05. The van der Waals surface area contributed by atoms with Crippen molar-refractivity contribution < 1.29 is 19.1 Å². The molecule has 0 spiro atoms. The summed E-state index contributed by atoms with van der Waals surface area (Å²) in [6.07, 6.45) is 1.97. The summed E-state index contributed by atoms with van der Waals surface area (Å²) >= 11 is 0. The largest absolute Gasteiger partial charge is 0.447 e. The molecule has 0 saturated carbocycles. The number of hydrogen-bond donors (Lipinski definition) is 1. The van der Waals surface area contributed by atoms with Gasteiger partial charge in [0.2, 0.25) is 5.78 Å². The number of carbonyl (C=O) groups is 2. The van der Waals surface area contributed by atoms with Gasteiger partial charge in [-0.3, -0.25) is 4.79 Å². The van der Waals surface area contributed by atoms with E-state index in [1.165, 1.54) is 0 Å². The van der Waals surface area contributed by atoms with E-state index in [1.54, 1.807) is 42.5 Å². The van der Waals surface area contributed by atoms with E-state index in [2.05, 4.69) is 14.9 Å². The van der Waals surface area contributed by atoms with Crippen molar-refractivity contribution >= 4 is 23.5 Å². The second-order valence-electron chi connectivity index (χ2n) is 6.58. The van der Waals surface area contributed by atoms with Crippen molar-refractivity contribution in [2.75, 3.05) is 57.1 Å². The molecule has 1 amide bonds. The van der Waals surface area contributed by atoms with Crippen LogP contribution in [0.3, 0.4) is 0 Å². The van der Waals surface area contributed by atoms with Gasteiger partial charge in [0.1, 0.15) is 23.9 Å². The van der Waals surface area contributed by atoms with E-state index < -0.39 is 0 Å². The highest BCUT2D eigenvalue weighted by Gasteiger charge is 2.22. The van der Waals surface area contributed by atoms with E-state index >= 15 is 0 Å². The van der Waals surface area contributed by atoms with Gasteiger partial charge in [0.25, 0.3) is 0 Å². The summed E-state index contributed by atoms with van der Waals surface area (Å²) < 4.78 is 10.1. The van der Waals surface area contributed by atoms with E-state index in [-0.39, 0.29) is 24.3 Å². The number of pyridine rings is 2. The Kier molecular flexibility index (Phi) is 6.96. The molecule has 0 radical (unpaired) electrons. The minimum absolute atomic E-state index is 0.183. The predicted molar refractivity (Wildman–Crippen MR) is 108 cm³/mol. The van der Waals surface area contributed by atoms with Crippen molar-refractivity contribution in [1.29, 1.82) is 0 Å². The van der Waals surface area contributed by atoms with Crippen LogP contribution >= 0.6 is 0 Å². The molecule has 2 aromatic rings. The average Bonchev–Trinajstić information content (AvgIpc) is 3.00. The van der Waals surface area contributed by atoms with Crippen LogP contribution < -0.4 is 10.6 Å². The lowest BCUT2D eigenvalue weighted by Gasteiger charge is -2.23. The van der Waals surface area contributed by atoms with Crippen molar-refractivity contribution in [3.63, 3.8) is 0 Å². The first-order valence-corrected chi connectivity index (χ1v) is 9.48. The van der Waals surface area contributed by atoms with E-state index in [9.17, 15) is 9.59 Å². The summed E-state index contributed by atoms with van der Waals surface area (Å²) in [5.74, 6) is 0.602. The number of amides is 1. The van der Waals surface area contributed by atoms with Crippen LogP contribution in [0, 0.1) is 0 Å². The first-order valence-electron chi connectivity index (χ1n) is 9.48. The van der Waals surface area contributed by atoms with Crippen LogP contribution in [0.25, 0.3) is 0 Å². The highest BCUT2D eigenvalue weighted by atomic mass is 16.6. The number of nitrogens with zero attached hydrogens (tertiary/aromatic N) is 4. The standard InChI is InChI=1S/C20H25N5O4/c1-28-13-14-29-20(27)25-10-4-9-24(11-12-25)17-7-2-6-16(23-17)18(26)15-5-3-8-22-19(15)21/h2-3,5-8H,4,9-14H2,1H3,(H2,21,22). The Balaban J connectivity index is 1.67. The molecular weight excluding hydrogens is 374 g/mol. The number of methoxy groups -OCH3 is 1. The highest BCUT2D eigenvalue weighted by molar-refractivity contribution is 6.10. The molecule has 0 aliphatic carbocycles. The van der Waals surface area contributed by atoms with Crippen LogP contribution in [0.15, 0.2) is 36.5 Å². The van der Waals surface area contributed by atoms with Crippen LogP contribution in [0.2, 0.25) is 0 Å². The highest BCUT2D eigenvalue weighted by Crippen LogP contribution is 2.18. The molecule has 3 rings (SSSR count). The van der Waals surface area contributed by atoms with Gasteiger partial charge in [-0.25, -0.2) is 14.8 Å². The number of nitrogens with two attached hydrogens (primary N) is 1. The Morgan fingerprint density at radius 3 is 2.76 bits per heavy atom. The van der Waals surface area contributed by atoms with Gasteiger partial charge < -0.3 is 25.0 Å². The van der Waals surface area contributed by atoms with Gasteiger partial charge in [-0.15, -0.1) is 0 Å². The number of carbonyl (C=O) groups excluding carboxylic acids is 2. The lowest BCUT2D eigenvalue weighted by atomic mass is 10.1. The fraction of sp³-hybridized carbons (Fsp3) is 0.400. The number of rotatable bonds is 6. The van der Waals surface area contributed by atoms with Gasteiger partial charge in [-0.2, -0.15) is 0 Å². The molecule has 1 saturated heterocycles. The van der Waals surface area contributed by atoms with Crippen molar-refractivity contribution in [3.8, 4) is 0 Å². The summed E-state index contributed by atoms with van der Waals surface area (Å²) in [6, 6.07) is 8.62. The average molecular weight is 399 g/mol. The smallest absolute Gasteiger partial charge is 0.409 e. The SMILES string of the molecule is COCCOC(=O)N1CCCN(c2cccc(C(=O)c3cccnc3N)n2)CC1. The first-order chi connectivity index (χ1) is 14.1. The second kappa shape index (κ2) is 9.83. The monoisotopic (exact) mass is 399 g/mol. The summed E-state index contributed by atoms with van der Waals surface area (Å²) in [5.41, 5.74) is 6.46. The predicted octanol–water partition coefficient (Wildman–Crippen LogP) is 1.58. The lowest BCUT2D eigenvalue weighted by molar-refractivity contribution is 0.0733. The maximum absolute atomic E-state index is 12.8. The Labute approximate surface area is 169 Å². The third-order valence-corrected chi connectivity index (χ3v) is 4.64. The van der Waals surface area contributed by atoms with E-state index in [0.717, 1.165) is 13.0 Å². The zero-order valence-electron chi connectivity index (χ0n) is 16.4. The molecule has 1 aliphatic rings. The summed E-state index contributed by atoms with van der Waals surface area (Å²) in [7, 11) is 1.56. The van der Waals surface area contributed by atoms with Gasteiger partial charge in [-0.05, 0) is 30.7 Å². The third-order valence-electron chi connectivity index (χ3n) is 4.64. The van der Waals surface area contributed by atoms with Crippen molar-refractivity contribution in [2.45, 2.75) is 6.42 Å². The molecular formula is C20H25N5O4. The molecule has 0 unspecified atom stereocenters. The molecule has 9 heteroatoms. The van der Waals surface area contributed by atoms with Crippen molar-refractivity contribution in [1.82, 2.24) is 14.9 Å². The Morgan fingerprint density at radius 1 is 1.10 bits per heavy atom. The van der Waals surface area contributed by atoms with Crippen LogP contribution in [0.5, 0.6) is 0 Å². The summed E-state index contributed by atoms with van der Waals surface area (Å²) in [4.78, 5) is 37.1. The molecule has 2 aromatic heterocycles. The topological polar surface area (TPSA) is 111 Å². The fourth-order valence-electron chi connectivity index (χ4n) is 3.11. The van der Waals surface area contributed by atoms with Crippen molar-refractivity contribution in [2.24, 2.45) is 0 Å². The zero-order valence-corrected chi connectivity index (χ0v) is 16.4. The first kappa shape index (κ1) is 20.5. The number of anilines is 2. The Hall–Kier alpha value is -3.20. The van der Waals surface area contributed by atoms with Gasteiger partial charge in [0.15, 0.2) is 0 Å². The minimum atomic E-state index is -0.340. The van der Waals surface area contributed by atoms with Gasteiger partial charge in [-0.1, -0.05) is 6.07 Å². The number of nitrogen functional groups attached to an aromatic ring is 1. The minimum Gasteiger partial charge on any atom is -0.447 e. The van der Waals surface area contributed by atoms with E-state index in [1.807, 2.05) is 6.07 Å². The van der Waals surface area contributed by atoms with Crippen LogP contribution in [-0.2, 0) is 9.47 Å². The molecule has 9 nitrogen and oxygen atoms in total. The lowest BCUT2D eigenvalue weighted by Crippen LogP contribution is -2.36. The maximum Gasteiger partial charge on any atom is 0.409 e. The number of aromatic nitrogens is 2. The molecule has 154 valence electrons. The van der Waals surface area contributed by atoms with Crippen LogP contribution in [0.1, 0.15) is 22.5 Å². The van der Waals surface area contributed by atoms with Crippen LogP contribution in [-0.4, -0.2) is 73.2 Å². The third kappa shape index (κ3) is 5.20. The molecule has 2 N–H and O–H groups in total. The molecule has 3 heterocycles. The maximum atomic E-state index is 12.8. The molecule has 1 fully saturated rings. The molecule has 0 atom stereocenters. The number of hydrogen-bond acceptors (Lipinski definition) is 8. The zero-order chi connectivity index (χ0) is 20.6. The molecule has 1 aliphatic heterocycles. The number of ether oxygens (including phenoxy) is 2. The number of ketones is 1. The van der Waals surface area contributed by atoms with E-state index in [0.29, 0.717) is 43.3 Å². The molecule has 0 bridgehead atoms. The van der Waals surface area contributed by atoms with Gasteiger partial charge in [0.05, 0.1) is 12.2 Å². The van der Waals surface area contributed by atoms with Crippen LogP contribution in [0.4, 0.5) is 16.4 Å². The normalized spacial score (nSPS) is 14.4. The van der Waals surface area contributed by atoms with Gasteiger partial charge in [0, 0.05) is 39.5 Å². The fourth-order valence-corrected chi connectivity index (χ4v) is 3.11. The van der Waals surface area contributed by atoms with Gasteiger partial charge >= 0.3 is 6.09 Å². The summed E-state index contributed by atoms with van der Waals surface area (Å²) in [5, 5.41) is 0. The van der Waals surface area contributed by atoms with E-state index in [4.69, 9.17) is 15.2 Å². The van der Waals surface area contributed by atoms with Crippen molar-refractivity contribution in [3.05, 3.63) is 47.8 Å².